The summed E-state index contributed by atoms with van der Waals surface area (Å²) in [5.41, 5.74) is 1.90. The van der Waals surface area contributed by atoms with Gasteiger partial charge in [0.25, 0.3) is 0 Å². The van der Waals surface area contributed by atoms with Crippen molar-refractivity contribution in [2.24, 2.45) is 0 Å². The molecule has 0 fully saturated rings. The average molecular weight is 327 g/mol. The van der Waals surface area contributed by atoms with Crippen LogP contribution in [0.1, 0.15) is 33.2 Å². The molecule has 0 heterocycles. The predicted molar refractivity (Wildman–Crippen MR) is 87.6 cm³/mol. The molecule has 0 radical (unpaired) electrons. The van der Waals surface area contributed by atoms with Crippen LogP contribution in [-0.2, 0) is 20.9 Å². The minimum atomic E-state index is -0.523. The van der Waals surface area contributed by atoms with Gasteiger partial charge in [0.15, 0.2) is 0 Å². The van der Waals surface area contributed by atoms with Crippen LogP contribution in [0.4, 0.5) is 5.69 Å². The number of carbonyl (C=O) groups is 3. The fourth-order valence-electron chi connectivity index (χ4n) is 2.07. The molecule has 6 nitrogen and oxygen atoms in total. The van der Waals surface area contributed by atoms with E-state index in [4.69, 9.17) is 4.74 Å². The van der Waals surface area contributed by atoms with Crippen molar-refractivity contribution in [2.45, 2.75) is 13.5 Å². The largest absolute Gasteiger partial charge is 0.465 e. The number of esters is 2. The zero-order chi connectivity index (χ0) is 17.5. The van der Waals surface area contributed by atoms with Gasteiger partial charge in [-0.25, -0.2) is 9.59 Å². The number of methoxy groups -OCH3 is 1. The Labute approximate surface area is 139 Å². The Kier molecular flexibility index (Phi) is 5.68. The van der Waals surface area contributed by atoms with Crippen LogP contribution in [-0.4, -0.2) is 25.0 Å². The van der Waals surface area contributed by atoms with Crippen molar-refractivity contribution in [3.8, 4) is 0 Å². The molecule has 124 valence electrons. The first-order valence-corrected chi connectivity index (χ1v) is 7.21. The van der Waals surface area contributed by atoms with E-state index in [-0.39, 0.29) is 12.5 Å². The number of hydrogen-bond acceptors (Lipinski definition) is 5. The molecule has 0 aromatic heterocycles. The summed E-state index contributed by atoms with van der Waals surface area (Å²) in [4.78, 5) is 34.6. The van der Waals surface area contributed by atoms with Gasteiger partial charge in [0, 0.05) is 12.6 Å². The summed E-state index contributed by atoms with van der Waals surface area (Å²) < 4.78 is 9.89. The first-order chi connectivity index (χ1) is 11.5. The molecule has 2 aromatic carbocycles. The van der Waals surface area contributed by atoms with Gasteiger partial charge in [-0.3, -0.25) is 4.79 Å². The minimum absolute atomic E-state index is 0.0219. The maximum absolute atomic E-state index is 12.1. The van der Waals surface area contributed by atoms with Crippen molar-refractivity contribution in [1.29, 1.82) is 0 Å². The Balaban J connectivity index is 2.03. The van der Waals surface area contributed by atoms with E-state index in [1.165, 1.54) is 20.1 Å². The van der Waals surface area contributed by atoms with Gasteiger partial charge < -0.3 is 14.8 Å². The SMILES string of the molecule is COC(=O)c1cccc(COC(=O)c2cccc(NC(C)=O)c2)c1. The number of hydrogen-bond donors (Lipinski definition) is 1. The van der Waals surface area contributed by atoms with E-state index >= 15 is 0 Å². The first kappa shape index (κ1) is 17.2. The monoisotopic (exact) mass is 327 g/mol. The van der Waals surface area contributed by atoms with Crippen LogP contribution < -0.4 is 5.32 Å². The summed E-state index contributed by atoms with van der Waals surface area (Å²) in [5, 5.41) is 2.60. The molecule has 0 saturated heterocycles. The average Bonchev–Trinajstić information content (AvgIpc) is 2.59. The third-order valence-corrected chi connectivity index (χ3v) is 3.14. The molecular formula is C18H17NO5. The highest BCUT2D eigenvalue weighted by Crippen LogP contribution is 2.13. The molecule has 1 N–H and O–H groups in total. The molecular weight excluding hydrogens is 310 g/mol. The Morgan fingerprint density at radius 1 is 0.958 bits per heavy atom. The summed E-state index contributed by atoms with van der Waals surface area (Å²) in [5.74, 6) is -1.20. The second kappa shape index (κ2) is 7.92. The van der Waals surface area contributed by atoms with Crippen molar-refractivity contribution in [3.63, 3.8) is 0 Å². The fourth-order valence-corrected chi connectivity index (χ4v) is 2.07. The maximum atomic E-state index is 12.1. The number of benzene rings is 2. The molecule has 2 rings (SSSR count). The lowest BCUT2D eigenvalue weighted by molar-refractivity contribution is -0.114. The van der Waals surface area contributed by atoms with Gasteiger partial charge in [0.2, 0.25) is 5.91 Å². The van der Waals surface area contributed by atoms with E-state index in [1.54, 1.807) is 42.5 Å². The molecule has 0 spiro atoms. The summed E-state index contributed by atoms with van der Waals surface area (Å²) in [7, 11) is 1.30. The third-order valence-electron chi connectivity index (χ3n) is 3.14. The van der Waals surface area contributed by atoms with Crippen LogP contribution in [0, 0.1) is 0 Å². The Hall–Kier alpha value is -3.15. The Morgan fingerprint density at radius 2 is 1.62 bits per heavy atom. The van der Waals surface area contributed by atoms with E-state index in [0.29, 0.717) is 22.4 Å². The van der Waals surface area contributed by atoms with E-state index in [9.17, 15) is 14.4 Å². The standard InChI is InChI=1S/C18H17NO5/c1-12(20)19-16-8-4-7-15(10-16)18(22)24-11-13-5-3-6-14(9-13)17(21)23-2/h3-10H,11H2,1-2H3,(H,19,20). The highest BCUT2D eigenvalue weighted by molar-refractivity contribution is 5.93. The zero-order valence-corrected chi connectivity index (χ0v) is 13.4. The molecule has 2 aromatic rings. The summed E-state index contributed by atoms with van der Waals surface area (Å²) >= 11 is 0. The minimum Gasteiger partial charge on any atom is -0.465 e. The fraction of sp³-hybridized carbons (Fsp3) is 0.167. The first-order valence-electron chi connectivity index (χ1n) is 7.21. The number of carbonyl (C=O) groups excluding carboxylic acids is 3. The lowest BCUT2D eigenvalue weighted by Crippen LogP contribution is -2.09. The van der Waals surface area contributed by atoms with Crippen LogP contribution >= 0.6 is 0 Å². The number of amides is 1. The van der Waals surface area contributed by atoms with Gasteiger partial charge in [-0.1, -0.05) is 18.2 Å². The zero-order valence-electron chi connectivity index (χ0n) is 13.4. The molecule has 6 heteroatoms. The van der Waals surface area contributed by atoms with Crippen LogP contribution in [0.25, 0.3) is 0 Å². The molecule has 0 aliphatic carbocycles. The number of ether oxygens (including phenoxy) is 2. The Morgan fingerprint density at radius 3 is 2.29 bits per heavy atom. The lowest BCUT2D eigenvalue weighted by Gasteiger charge is -2.08. The maximum Gasteiger partial charge on any atom is 0.338 e. The molecule has 0 saturated carbocycles. The molecule has 0 atom stereocenters. The quantitative estimate of drug-likeness (QED) is 0.854. The smallest absolute Gasteiger partial charge is 0.338 e. The summed E-state index contributed by atoms with van der Waals surface area (Å²) in [6.07, 6.45) is 0. The van der Waals surface area contributed by atoms with Crippen LogP contribution in [0.15, 0.2) is 48.5 Å². The second-order valence-electron chi connectivity index (χ2n) is 5.03. The van der Waals surface area contributed by atoms with E-state index in [2.05, 4.69) is 10.1 Å². The van der Waals surface area contributed by atoms with Crippen molar-refractivity contribution in [2.75, 3.05) is 12.4 Å². The van der Waals surface area contributed by atoms with Gasteiger partial charge in [-0.2, -0.15) is 0 Å². The molecule has 0 aliphatic heterocycles. The van der Waals surface area contributed by atoms with Gasteiger partial charge >= 0.3 is 11.9 Å². The highest BCUT2D eigenvalue weighted by atomic mass is 16.5. The van der Waals surface area contributed by atoms with Crippen LogP contribution in [0.2, 0.25) is 0 Å². The van der Waals surface area contributed by atoms with Crippen molar-refractivity contribution in [3.05, 3.63) is 65.2 Å². The predicted octanol–water partition coefficient (Wildman–Crippen LogP) is 2.79. The van der Waals surface area contributed by atoms with Crippen LogP contribution in [0.3, 0.4) is 0 Å². The number of nitrogens with one attached hydrogen (secondary N) is 1. The van der Waals surface area contributed by atoms with Gasteiger partial charge in [-0.15, -0.1) is 0 Å². The molecule has 0 aliphatic rings. The van der Waals surface area contributed by atoms with Crippen molar-refractivity contribution >= 4 is 23.5 Å². The van der Waals surface area contributed by atoms with Gasteiger partial charge in [0.1, 0.15) is 6.61 Å². The Bertz CT molecular complexity index is 770. The van der Waals surface area contributed by atoms with E-state index in [1.807, 2.05) is 0 Å². The van der Waals surface area contributed by atoms with Gasteiger partial charge in [0.05, 0.1) is 18.2 Å². The highest BCUT2D eigenvalue weighted by Gasteiger charge is 2.10. The van der Waals surface area contributed by atoms with Crippen LogP contribution in [0.5, 0.6) is 0 Å². The van der Waals surface area contributed by atoms with E-state index < -0.39 is 11.9 Å². The second-order valence-corrected chi connectivity index (χ2v) is 5.03. The lowest BCUT2D eigenvalue weighted by atomic mass is 10.1. The summed E-state index contributed by atoms with van der Waals surface area (Å²) in [6, 6.07) is 13.1. The normalized spacial score (nSPS) is 9.92. The van der Waals surface area contributed by atoms with Crippen molar-refractivity contribution < 1.29 is 23.9 Å². The van der Waals surface area contributed by atoms with E-state index in [0.717, 1.165) is 0 Å². The van der Waals surface area contributed by atoms with Gasteiger partial charge in [-0.05, 0) is 35.9 Å². The van der Waals surface area contributed by atoms with Crippen molar-refractivity contribution in [1.82, 2.24) is 0 Å². The molecule has 24 heavy (non-hydrogen) atoms. The molecule has 1 amide bonds. The molecule has 0 bridgehead atoms. The molecule has 0 unspecified atom stereocenters. The number of rotatable bonds is 5. The summed E-state index contributed by atoms with van der Waals surface area (Å²) in [6.45, 7) is 1.41. The third kappa shape index (κ3) is 4.67. The number of anilines is 1. The topological polar surface area (TPSA) is 81.7 Å².